The molecule has 7 heteroatoms. The number of aromatic amines is 1. The van der Waals surface area contributed by atoms with Gasteiger partial charge in [-0.05, 0) is 24.6 Å². The Morgan fingerprint density at radius 2 is 2.05 bits per heavy atom. The molecule has 0 atom stereocenters. The SMILES string of the molecule is Cc1cc([N+](=O)[O-])ccc1NC(=O)c1cccc(=O)[nH]1. The van der Waals surface area contributed by atoms with Crippen LogP contribution in [0.4, 0.5) is 11.4 Å². The van der Waals surface area contributed by atoms with Gasteiger partial charge in [-0.3, -0.25) is 19.7 Å². The van der Waals surface area contributed by atoms with Crippen LogP contribution in [-0.2, 0) is 0 Å². The van der Waals surface area contributed by atoms with Gasteiger partial charge in [0.05, 0.1) is 4.92 Å². The summed E-state index contributed by atoms with van der Waals surface area (Å²) < 4.78 is 0. The van der Waals surface area contributed by atoms with Crippen LogP contribution in [-0.4, -0.2) is 15.8 Å². The Balaban J connectivity index is 2.24. The van der Waals surface area contributed by atoms with Crippen LogP contribution in [0.2, 0.25) is 0 Å². The Bertz CT molecular complexity index is 736. The lowest BCUT2D eigenvalue weighted by atomic mass is 10.1. The van der Waals surface area contributed by atoms with Crippen LogP contribution in [0.3, 0.4) is 0 Å². The number of nitro groups is 1. The largest absolute Gasteiger partial charge is 0.320 e. The van der Waals surface area contributed by atoms with Crippen molar-refractivity contribution in [3.8, 4) is 0 Å². The molecule has 0 bridgehead atoms. The summed E-state index contributed by atoms with van der Waals surface area (Å²) in [6.07, 6.45) is 0. The molecule has 1 heterocycles. The highest BCUT2D eigenvalue weighted by molar-refractivity contribution is 6.03. The number of aromatic nitrogens is 1. The smallest absolute Gasteiger partial charge is 0.272 e. The van der Waals surface area contributed by atoms with Crippen molar-refractivity contribution in [3.63, 3.8) is 0 Å². The molecule has 0 aliphatic carbocycles. The van der Waals surface area contributed by atoms with Crippen molar-refractivity contribution in [2.45, 2.75) is 6.92 Å². The summed E-state index contributed by atoms with van der Waals surface area (Å²) in [4.78, 5) is 35.6. The van der Waals surface area contributed by atoms with Gasteiger partial charge in [-0.15, -0.1) is 0 Å². The molecule has 1 aromatic heterocycles. The first-order chi connectivity index (χ1) is 9.47. The molecule has 1 aromatic carbocycles. The summed E-state index contributed by atoms with van der Waals surface area (Å²) >= 11 is 0. The molecule has 7 nitrogen and oxygen atoms in total. The van der Waals surface area contributed by atoms with E-state index in [-0.39, 0.29) is 16.9 Å². The highest BCUT2D eigenvalue weighted by atomic mass is 16.6. The number of non-ortho nitro benzene ring substituents is 1. The third-order valence-electron chi connectivity index (χ3n) is 2.68. The average Bonchev–Trinajstić information content (AvgIpc) is 2.40. The molecule has 0 spiro atoms. The van der Waals surface area contributed by atoms with Gasteiger partial charge in [-0.25, -0.2) is 0 Å². The first kappa shape index (κ1) is 13.5. The zero-order valence-electron chi connectivity index (χ0n) is 10.5. The summed E-state index contributed by atoms with van der Waals surface area (Å²) in [6, 6.07) is 8.36. The number of aryl methyl sites for hydroxylation is 1. The maximum absolute atomic E-state index is 11.9. The predicted octanol–water partition coefficient (Wildman–Crippen LogP) is 1.84. The Kier molecular flexibility index (Phi) is 3.60. The zero-order valence-corrected chi connectivity index (χ0v) is 10.5. The fraction of sp³-hybridized carbons (Fsp3) is 0.0769. The number of H-pyrrole nitrogens is 1. The van der Waals surface area contributed by atoms with E-state index in [2.05, 4.69) is 10.3 Å². The van der Waals surface area contributed by atoms with Crippen LogP contribution < -0.4 is 10.9 Å². The van der Waals surface area contributed by atoms with Gasteiger partial charge in [-0.1, -0.05) is 6.07 Å². The van der Waals surface area contributed by atoms with Gasteiger partial charge < -0.3 is 10.3 Å². The number of pyridine rings is 1. The lowest BCUT2D eigenvalue weighted by Crippen LogP contribution is -2.18. The van der Waals surface area contributed by atoms with Gasteiger partial charge in [0.15, 0.2) is 0 Å². The minimum absolute atomic E-state index is 0.0476. The van der Waals surface area contributed by atoms with Gasteiger partial charge in [0.2, 0.25) is 5.56 Å². The third-order valence-corrected chi connectivity index (χ3v) is 2.68. The number of benzene rings is 1. The molecule has 0 aliphatic heterocycles. The molecule has 0 fully saturated rings. The summed E-state index contributed by atoms with van der Waals surface area (Å²) in [5.41, 5.74) is 0.707. The van der Waals surface area contributed by atoms with E-state index in [1.54, 1.807) is 6.92 Å². The molecular weight excluding hydrogens is 262 g/mol. The van der Waals surface area contributed by atoms with Gasteiger partial charge in [0.25, 0.3) is 11.6 Å². The van der Waals surface area contributed by atoms with E-state index in [0.29, 0.717) is 11.3 Å². The Labute approximate surface area is 113 Å². The summed E-state index contributed by atoms with van der Waals surface area (Å²) in [6.45, 7) is 1.65. The second-order valence-corrected chi connectivity index (χ2v) is 4.14. The second-order valence-electron chi connectivity index (χ2n) is 4.14. The number of carbonyl (C=O) groups is 1. The van der Waals surface area contributed by atoms with Crippen LogP contribution in [0.1, 0.15) is 16.1 Å². The number of nitrogens with zero attached hydrogens (tertiary/aromatic N) is 1. The molecule has 0 radical (unpaired) electrons. The zero-order chi connectivity index (χ0) is 14.7. The number of hydrogen-bond acceptors (Lipinski definition) is 4. The number of nitro benzene ring substituents is 1. The molecule has 1 amide bonds. The Morgan fingerprint density at radius 3 is 2.65 bits per heavy atom. The van der Waals surface area contributed by atoms with Gasteiger partial charge in [0.1, 0.15) is 5.69 Å². The quantitative estimate of drug-likeness (QED) is 0.657. The first-order valence-corrected chi connectivity index (χ1v) is 5.73. The van der Waals surface area contributed by atoms with Crippen LogP contribution in [0.25, 0.3) is 0 Å². The number of carbonyl (C=O) groups excluding carboxylic acids is 1. The Morgan fingerprint density at radius 1 is 1.30 bits per heavy atom. The fourth-order valence-corrected chi connectivity index (χ4v) is 1.67. The molecule has 0 saturated carbocycles. The number of hydrogen-bond donors (Lipinski definition) is 2. The lowest BCUT2D eigenvalue weighted by molar-refractivity contribution is -0.384. The lowest BCUT2D eigenvalue weighted by Gasteiger charge is -2.07. The molecule has 2 N–H and O–H groups in total. The van der Waals surface area contributed by atoms with E-state index >= 15 is 0 Å². The number of anilines is 1. The van der Waals surface area contributed by atoms with Crippen molar-refractivity contribution in [2.75, 3.05) is 5.32 Å². The van der Waals surface area contributed by atoms with E-state index in [0.717, 1.165) is 0 Å². The van der Waals surface area contributed by atoms with Gasteiger partial charge in [0, 0.05) is 23.9 Å². The molecular formula is C13H11N3O4. The normalized spacial score (nSPS) is 10.1. The van der Waals surface area contributed by atoms with Crippen molar-refractivity contribution in [1.82, 2.24) is 4.98 Å². The van der Waals surface area contributed by atoms with Crippen molar-refractivity contribution in [1.29, 1.82) is 0 Å². The fourth-order valence-electron chi connectivity index (χ4n) is 1.67. The van der Waals surface area contributed by atoms with E-state index < -0.39 is 10.8 Å². The van der Waals surface area contributed by atoms with Crippen LogP contribution in [0.5, 0.6) is 0 Å². The minimum Gasteiger partial charge on any atom is -0.320 e. The molecule has 0 unspecified atom stereocenters. The maximum atomic E-state index is 11.9. The highest BCUT2D eigenvalue weighted by Crippen LogP contribution is 2.21. The van der Waals surface area contributed by atoms with Gasteiger partial charge >= 0.3 is 0 Å². The van der Waals surface area contributed by atoms with E-state index in [9.17, 15) is 19.7 Å². The summed E-state index contributed by atoms with van der Waals surface area (Å²) in [7, 11) is 0. The molecule has 2 aromatic rings. The minimum atomic E-state index is -0.507. The van der Waals surface area contributed by atoms with Crippen molar-refractivity contribution >= 4 is 17.3 Å². The van der Waals surface area contributed by atoms with Gasteiger partial charge in [-0.2, -0.15) is 0 Å². The van der Waals surface area contributed by atoms with E-state index in [1.807, 2.05) is 0 Å². The molecule has 20 heavy (non-hydrogen) atoms. The number of amides is 1. The standard InChI is InChI=1S/C13H11N3O4/c1-8-7-9(16(19)20)5-6-10(8)15-13(18)11-3-2-4-12(17)14-11/h2-7H,1H3,(H,14,17)(H,15,18). The third kappa shape index (κ3) is 2.89. The summed E-state index contributed by atoms with van der Waals surface area (Å²) in [5.74, 6) is -0.486. The predicted molar refractivity (Wildman–Crippen MR) is 72.8 cm³/mol. The number of rotatable bonds is 3. The summed E-state index contributed by atoms with van der Waals surface area (Å²) in [5, 5.41) is 13.2. The first-order valence-electron chi connectivity index (χ1n) is 5.73. The van der Waals surface area contributed by atoms with Crippen molar-refractivity contribution < 1.29 is 9.72 Å². The van der Waals surface area contributed by atoms with E-state index in [4.69, 9.17) is 0 Å². The molecule has 2 rings (SSSR count). The van der Waals surface area contributed by atoms with Crippen molar-refractivity contribution in [3.05, 3.63) is 68.1 Å². The highest BCUT2D eigenvalue weighted by Gasteiger charge is 2.11. The van der Waals surface area contributed by atoms with Crippen LogP contribution >= 0.6 is 0 Å². The van der Waals surface area contributed by atoms with E-state index in [1.165, 1.54) is 36.4 Å². The molecule has 0 aliphatic rings. The van der Waals surface area contributed by atoms with Crippen molar-refractivity contribution in [2.24, 2.45) is 0 Å². The Hall–Kier alpha value is -2.96. The maximum Gasteiger partial charge on any atom is 0.272 e. The monoisotopic (exact) mass is 273 g/mol. The topological polar surface area (TPSA) is 105 Å². The van der Waals surface area contributed by atoms with Crippen LogP contribution in [0.15, 0.2) is 41.2 Å². The van der Waals surface area contributed by atoms with Crippen LogP contribution in [0, 0.1) is 17.0 Å². The second kappa shape index (κ2) is 5.35. The number of nitrogens with one attached hydrogen (secondary N) is 2. The molecule has 0 saturated heterocycles. The molecule has 102 valence electrons. The average molecular weight is 273 g/mol.